The van der Waals surface area contributed by atoms with E-state index in [0.29, 0.717) is 5.56 Å². The van der Waals surface area contributed by atoms with E-state index >= 15 is 0 Å². The molecule has 5 rings (SSSR count). The smallest absolute Gasteiger partial charge is 0.294 e. The van der Waals surface area contributed by atoms with Crippen molar-refractivity contribution >= 4 is 32.9 Å². The molecule has 5 aromatic rings. The van der Waals surface area contributed by atoms with Crippen LogP contribution in [0.1, 0.15) is 73.3 Å². The van der Waals surface area contributed by atoms with Crippen LogP contribution in [0.25, 0.3) is 0 Å². The second-order valence-electron chi connectivity index (χ2n) is 12.2. The molecule has 244 valence electrons. The van der Waals surface area contributed by atoms with Crippen LogP contribution in [0.4, 0.5) is 22.7 Å². The summed E-state index contributed by atoms with van der Waals surface area (Å²) in [6.45, 7) is 10.4. The van der Waals surface area contributed by atoms with Gasteiger partial charge < -0.3 is 9.80 Å². The number of anilines is 4. The Bertz CT molecular complexity index is 1770. The number of unbranched alkanes of at least 4 members (excludes halogenated alkanes) is 2. The van der Waals surface area contributed by atoms with Gasteiger partial charge in [-0.25, -0.2) is 0 Å². The van der Waals surface area contributed by atoms with E-state index in [1.807, 2.05) is 24.3 Å². The van der Waals surface area contributed by atoms with Gasteiger partial charge in [-0.2, -0.15) is 8.42 Å². The summed E-state index contributed by atoms with van der Waals surface area (Å²) in [5.74, 6) is -0.421. The summed E-state index contributed by atoms with van der Waals surface area (Å²) in [5.41, 5.74) is 9.19. The number of benzene rings is 5. The molecule has 0 aliphatic carbocycles. The third-order valence-corrected chi connectivity index (χ3v) is 9.73. The van der Waals surface area contributed by atoms with Crippen LogP contribution in [-0.2, 0) is 10.1 Å². The van der Waals surface area contributed by atoms with Crippen LogP contribution in [0.2, 0.25) is 0 Å². The molecule has 47 heavy (non-hydrogen) atoms. The summed E-state index contributed by atoms with van der Waals surface area (Å²) < 4.78 is 35.7. The van der Waals surface area contributed by atoms with Crippen molar-refractivity contribution in [3.8, 4) is 0 Å². The van der Waals surface area contributed by atoms with E-state index < -0.39 is 16.0 Å². The second kappa shape index (κ2) is 15.5. The molecule has 0 radical (unpaired) electrons. The monoisotopic (exact) mass is 646 g/mol. The zero-order chi connectivity index (χ0) is 33.4. The zero-order valence-electron chi connectivity index (χ0n) is 27.9. The van der Waals surface area contributed by atoms with Crippen LogP contribution < -0.4 is 9.80 Å². The molecule has 6 heteroatoms. The first-order chi connectivity index (χ1) is 22.7. The number of nitrogens with zero attached hydrogens (tertiary/aromatic N) is 2. The Labute approximate surface area is 281 Å². The minimum Gasteiger partial charge on any atom is -0.341 e. The van der Waals surface area contributed by atoms with Gasteiger partial charge in [-0.05, 0) is 97.0 Å². The van der Waals surface area contributed by atoms with Gasteiger partial charge in [0.25, 0.3) is 10.1 Å². The third-order valence-electron chi connectivity index (χ3n) is 8.80. The van der Waals surface area contributed by atoms with E-state index in [-0.39, 0.29) is 4.90 Å². The topological polar surface area (TPSA) is 60.9 Å². The molecule has 0 fully saturated rings. The highest BCUT2D eigenvalue weighted by atomic mass is 32.2. The molecule has 0 saturated carbocycles. The van der Waals surface area contributed by atoms with Crippen molar-refractivity contribution in [2.24, 2.45) is 0 Å². The number of hydrogen-bond acceptors (Lipinski definition) is 4. The first-order valence-corrected chi connectivity index (χ1v) is 18.1. The van der Waals surface area contributed by atoms with Gasteiger partial charge in [0.1, 0.15) is 0 Å². The molecule has 0 bridgehead atoms. The molecule has 0 unspecified atom stereocenters. The van der Waals surface area contributed by atoms with Crippen LogP contribution >= 0.6 is 0 Å². The molecule has 0 amide bonds. The normalized spacial score (nSPS) is 11.5. The van der Waals surface area contributed by atoms with E-state index in [9.17, 15) is 13.0 Å². The van der Waals surface area contributed by atoms with Crippen LogP contribution in [0, 0.1) is 13.8 Å². The van der Waals surface area contributed by atoms with Crippen LogP contribution in [-0.4, -0.2) is 26.1 Å². The molecule has 0 saturated heterocycles. The average Bonchev–Trinajstić information content (AvgIpc) is 3.07. The van der Waals surface area contributed by atoms with Crippen molar-refractivity contribution in [2.45, 2.75) is 64.2 Å². The van der Waals surface area contributed by atoms with Gasteiger partial charge in [0.2, 0.25) is 0 Å². The molecule has 0 aliphatic heterocycles. The fraction of sp³-hybridized carbons (Fsp3) is 0.268. The van der Waals surface area contributed by atoms with Crippen LogP contribution in [0.5, 0.6) is 0 Å². The maximum absolute atomic E-state index is 12.7. The molecule has 5 aromatic carbocycles. The minimum absolute atomic E-state index is 0.0730. The van der Waals surface area contributed by atoms with Gasteiger partial charge in [0.05, 0.1) is 4.90 Å². The first kappa shape index (κ1) is 34.0. The fourth-order valence-electron chi connectivity index (χ4n) is 6.45. The Morgan fingerprint density at radius 2 is 1.02 bits per heavy atom. The van der Waals surface area contributed by atoms with E-state index in [4.69, 9.17) is 0 Å². The van der Waals surface area contributed by atoms with Gasteiger partial charge in [-0.15, -0.1) is 0 Å². The first-order valence-electron chi connectivity index (χ1n) is 16.7. The molecule has 0 heterocycles. The quantitative estimate of drug-likeness (QED) is 0.0961. The number of aryl methyl sites for hydroxylation is 2. The lowest BCUT2D eigenvalue weighted by Crippen LogP contribution is -2.20. The number of rotatable bonds is 14. The Kier molecular flexibility index (Phi) is 11.2. The summed E-state index contributed by atoms with van der Waals surface area (Å²) in [7, 11) is -4.47. The average molecular weight is 647 g/mol. The standard InChI is InChI=1S/C41H46N2O3S/c1-5-7-27-42(35-17-11-9-12-18-35)38-25-23-33(29-31(38)3)41(37-21-15-16-22-40(37)47(44,45)46)34-24-26-39(32(4)30-34)43(28-8-6-2)36-19-13-10-14-20-36/h9-26,29-30,41H,5-8,27-28H2,1-4H3,(H,44,45,46). The summed E-state index contributed by atoms with van der Waals surface area (Å²) in [5, 5.41) is 0. The maximum atomic E-state index is 12.7. The Morgan fingerprint density at radius 3 is 1.43 bits per heavy atom. The minimum atomic E-state index is -4.47. The Morgan fingerprint density at radius 1 is 0.596 bits per heavy atom. The van der Waals surface area contributed by atoms with E-state index in [0.717, 1.165) is 83.8 Å². The number of para-hydroxylation sites is 2. The Balaban J connectivity index is 1.64. The predicted molar refractivity (Wildman–Crippen MR) is 196 cm³/mol. The highest BCUT2D eigenvalue weighted by molar-refractivity contribution is 7.85. The largest absolute Gasteiger partial charge is 0.341 e. The molecule has 0 aromatic heterocycles. The molecular formula is C41H46N2O3S. The summed E-state index contributed by atoms with van der Waals surface area (Å²) in [6, 6.07) is 40.5. The number of hydrogen-bond donors (Lipinski definition) is 1. The molecule has 0 aliphatic rings. The van der Waals surface area contributed by atoms with Crippen molar-refractivity contribution in [1.82, 2.24) is 0 Å². The van der Waals surface area contributed by atoms with Crippen LogP contribution in [0.3, 0.4) is 0 Å². The van der Waals surface area contributed by atoms with Crippen molar-refractivity contribution in [3.05, 3.63) is 149 Å². The third kappa shape index (κ3) is 7.95. The van der Waals surface area contributed by atoms with Crippen molar-refractivity contribution < 1.29 is 13.0 Å². The van der Waals surface area contributed by atoms with Gasteiger partial charge in [-0.1, -0.05) is 106 Å². The van der Waals surface area contributed by atoms with E-state index in [1.165, 1.54) is 6.07 Å². The molecular weight excluding hydrogens is 601 g/mol. The predicted octanol–water partition coefficient (Wildman–Crippen LogP) is 10.6. The summed E-state index contributed by atoms with van der Waals surface area (Å²) >= 11 is 0. The molecule has 1 N–H and O–H groups in total. The molecule has 5 nitrogen and oxygen atoms in total. The maximum Gasteiger partial charge on any atom is 0.294 e. The summed E-state index contributed by atoms with van der Waals surface area (Å²) in [6.07, 6.45) is 4.30. The van der Waals surface area contributed by atoms with Crippen molar-refractivity contribution in [2.75, 3.05) is 22.9 Å². The fourth-order valence-corrected chi connectivity index (χ4v) is 7.19. The molecule has 0 spiro atoms. The van der Waals surface area contributed by atoms with Gasteiger partial charge >= 0.3 is 0 Å². The highest BCUT2D eigenvalue weighted by Gasteiger charge is 2.26. The van der Waals surface area contributed by atoms with E-state index in [1.54, 1.807) is 6.07 Å². The van der Waals surface area contributed by atoms with Crippen molar-refractivity contribution in [3.63, 3.8) is 0 Å². The van der Waals surface area contributed by atoms with Gasteiger partial charge in [0.15, 0.2) is 0 Å². The van der Waals surface area contributed by atoms with Gasteiger partial charge in [0, 0.05) is 41.8 Å². The van der Waals surface area contributed by atoms with Crippen LogP contribution in [0.15, 0.2) is 126 Å². The van der Waals surface area contributed by atoms with Crippen molar-refractivity contribution in [1.29, 1.82) is 0 Å². The Hall–Kier alpha value is -4.39. The summed E-state index contributed by atoms with van der Waals surface area (Å²) in [4.78, 5) is 4.64. The highest BCUT2D eigenvalue weighted by Crippen LogP contribution is 2.40. The lowest BCUT2D eigenvalue weighted by molar-refractivity contribution is 0.482. The molecule has 0 atom stereocenters. The lowest BCUT2D eigenvalue weighted by Gasteiger charge is -2.29. The SMILES string of the molecule is CCCCN(c1ccccc1)c1ccc(C(c2ccc(N(CCCC)c3ccccc3)c(C)c2)c2ccccc2S(=O)(=O)O)cc1C. The van der Waals surface area contributed by atoms with E-state index in [2.05, 4.69) is 122 Å². The zero-order valence-corrected chi connectivity index (χ0v) is 28.7. The van der Waals surface area contributed by atoms with Gasteiger partial charge in [-0.3, -0.25) is 4.55 Å². The second-order valence-corrected chi connectivity index (χ2v) is 13.6. The lowest BCUT2D eigenvalue weighted by atomic mass is 9.83.